The minimum atomic E-state index is -3.41. The molecule has 0 atom stereocenters. The maximum atomic E-state index is 12.7. The number of benzene rings is 2. The van der Waals surface area contributed by atoms with Crippen molar-refractivity contribution in [1.29, 1.82) is 0 Å². The highest BCUT2D eigenvalue weighted by Gasteiger charge is 2.17. The van der Waals surface area contributed by atoms with Gasteiger partial charge in [0.15, 0.2) is 9.84 Å². The molecule has 0 amide bonds. The number of hydrogen-bond donors (Lipinski definition) is 0. The fourth-order valence-corrected chi connectivity index (χ4v) is 4.01. The molecule has 0 unspecified atom stereocenters. The van der Waals surface area contributed by atoms with Gasteiger partial charge in [-0.25, -0.2) is 13.1 Å². The second-order valence-electron chi connectivity index (χ2n) is 6.77. The number of ether oxygens (including phenoxy) is 1. The van der Waals surface area contributed by atoms with Gasteiger partial charge in [-0.3, -0.25) is 4.79 Å². The molecule has 7 nitrogen and oxygen atoms in total. The number of sulfone groups is 1. The van der Waals surface area contributed by atoms with E-state index in [2.05, 4.69) is 5.10 Å². The fourth-order valence-electron chi connectivity index (χ4n) is 3.36. The first-order valence-corrected chi connectivity index (χ1v) is 10.7. The molecule has 148 valence electrons. The SMILES string of the molecule is COc1ccc(S(C)(=O)=O)cc1-c1cn(C)c(=O)c2ccc(-n3cccn3)cc12. The third-order valence-corrected chi connectivity index (χ3v) is 5.94. The zero-order chi connectivity index (χ0) is 20.8. The van der Waals surface area contributed by atoms with Crippen molar-refractivity contribution >= 4 is 20.6 Å². The van der Waals surface area contributed by atoms with Gasteiger partial charge in [0.2, 0.25) is 0 Å². The summed E-state index contributed by atoms with van der Waals surface area (Å²) >= 11 is 0. The summed E-state index contributed by atoms with van der Waals surface area (Å²) in [5.74, 6) is 0.516. The van der Waals surface area contributed by atoms with Gasteiger partial charge >= 0.3 is 0 Å². The molecule has 4 rings (SSSR count). The lowest BCUT2D eigenvalue weighted by molar-refractivity contribution is 0.416. The van der Waals surface area contributed by atoms with Gasteiger partial charge in [-0.05, 0) is 47.9 Å². The molecule has 8 heteroatoms. The Hall–Kier alpha value is -3.39. The molecule has 2 heterocycles. The summed E-state index contributed by atoms with van der Waals surface area (Å²) in [6, 6.07) is 12.0. The molecular formula is C21H19N3O4S. The maximum Gasteiger partial charge on any atom is 0.258 e. The van der Waals surface area contributed by atoms with Crippen LogP contribution in [0.25, 0.3) is 27.6 Å². The topological polar surface area (TPSA) is 83.2 Å². The summed E-state index contributed by atoms with van der Waals surface area (Å²) in [6.07, 6.45) is 6.34. The van der Waals surface area contributed by atoms with E-state index in [0.717, 1.165) is 11.9 Å². The van der Waals surface area contributed by atoms with E-state index in [1.165, 1.54) is 17.7 Å². The zero-order valence-corrected chi connectivity index (χ0v) is 17.0. The first-order valence-electron chi connectivity index (χ1n) is 8.81. The van der Waals surface area contributed by atoms with Crippen LogP contribution in [0.4, 0.5) is 0 Å². The second kappa shape index (κ2) is 6.89. The average molecular weight is 409 g/mol. The highest BCUT2D eigenvalue weighted by Crippen LogP contribution is 2.36. The molecule has 0 bridgehead atoms. The van der Waals surface area contributed by atoms with Crippen LogP contribution in [0.3, 0.4) is 0 Å². The van der Waals surface area contributed by atoms with Gasteiger partial charge in [0.25, 0.3) is 5.56 Å². The Bertz CT molecular complexity index is 1390. The van der Waals surface area contributed by atoms with E-state index in [4.69, 9.17) is 4.74 Å². The maximum absolute atomic E-state index is 12.7. The average Bonchev–Trinajstić information content (AvgIpc) is 3.24. The fraction of sp³-hybridized carbons (Fsp3) is 0.143. The predicted octanol–water partition coefficient (Wildman–Crippen LogP) is 2.80. The van der Waals surface area contributed by atoms with Crippen molar-refractivity contribution in [3.05, 3.63) is 71.4 Å². The zero-order valence-electron chi connectivity index (χ0n) is 16.2. The quantitative estimate of drug-likeness (QED) is 0.518. The van der Waals surface area contributed by atoms with E-state index >= 15 is 0 Å². The van der Waals surface area contributed by atoms with E-state index in [1.54, 1.807) is 42.3 Å². The highest BCUT2D eigenvalue weighted by atomic mass is 32.2. The number of aromatic nitrogens is 3. The molecule has 0 aliphatic heterocycles. The standard InChI is InChI=1S/C21H19N3O4S/c1-23-13-19(18-12-15(29(3,26)27)6-8-20(18)28-2)17-11-14(24-10-4-9-22-24)5-7-16(17)21(23)25/h4-13H,1-3H3. The van der Waals surface area contributed by atoms with Crippen LogP contribution in [0.15, 0.2) is 70.7 Å². The smallest absolute Gasteiger partial charge is 0.258 e. The number of pyridine rings is 1. The second-order valence-corrected chi connectivity index (χ2v) is 8.79. The van der Waals surface area contributed by atoms with Crippen LogP contribution in [0.5, 0.6) is 5.75 Å². The van der Waals surface area contributed by atoms with Crippen LogP contribution in [-0.2, 0) is 16.9 Å². The van der Waals surface area contributed by atoms with Crippen molar-refractivity contribution in [2.75, 3.05) is 13.4 Å². The Morgan fingerprint density at radius 3 is 2.48 bits per heavy atom. The molecule has 2 aromatic heterocycles. The third-order valence-electron chi connectivity index (χ3n) is 4.83. The third kappa shape index (κ3) is 3.31. The van der Waals surface area contributed by atoms with Gasteiger partial charge in [0.05, 0.1) is 17.7 Å². The molecule has 0 radical (unpaired) electrons. The molecule has 2 aromatic carbocycles. The van der Waals surface area contributed by atoms with E-state index in [0.29, 0.717) is 27.6 Å². The molecular weight excluding hydrogens is 390 g/mol. The first-order chi connectivity index (χ1) is 13.8. The van der Waals surface area contributed by atoms with Crippen molar-refractivity contribution in [2.45, 2.75) is 4.90 Å². The Labute approximate surface area is 167 Å². The summed E-state index contributed by atoms with van der Waals surface area (Å²) in [5, 5.41) is 5.45. The summed E-state index contributed by atoms with van der Waals surface area (Å²) in [4.78, 5) is 12.9. The molecule has 0 N–H and O–H groups in total. The Balaban J connectivity index is 2.09. The number of methoxy groups -OCH3 is 1. The number of fused-ring (bicyclic) bond motifs is 1. The highest BCUT2D eigenvalue weighted by molar-refractivity contribution is 7.90. The van der Waals surface area contributed by atoms with Crippen LogP contribution in [0, 0.1) is 0 Å². The van der Waals surface area contributed by atoms with Gasteiger partial charge in [0, 0.05) is 48.4 Å². The van der Waals surface area contributed by atoms with Gasteiger partial charge in [-0.1, -0.05) is 0 Å². The summed E-state index contributed by atoms with van der Waals surface area (Å²) < 4.78 is 32.9. The van der Waals surface area contributed by atoms with Crippen molar-refractivity contribution < 1.29 is 13.2 Å². The number of rotatable bonds is 4. The van der Waals surface area contributed by atoms with E-state index in [-0.39, 0.29) is 10.5 Å². The monoisotopic (exact) mass is 409 g/mol. The van der Waals surface area contributed by atoms with E-state index in [9.17, 15) is 13.2 Å². The Morgan fingerprint density at radius 2 is 1.83 bits per heavy atom. The molecule has 0 spiro atoms. The predicted molar refractivity (Wildman–Crippen MR) is 111 cm³/mol. The van der Waals surface area contributed by atoms with Crippen molar-refractivity contribution in [1.82, 2.24) is 14.3 Å². The first kappa shape index (κ1) is 18.9. The van der Waals surface area contributed by atoms with Crippen LogP contribution in [0.1, 0.15) is 0 Å². The van der Waals surface area contributed by atoms with Gasteiger partial charge in [-0.15, -0.1) is 0 Å². The van der Waals surface area contributed by atoms with Gasteiger partial charge in [-0.2, -0.15) is 5.10 Å². The van der Waals surface area contributed by atoms with Crippen molar-refractivity contribution in [3.8, 4) is 22.6 Å². The lowest BCUT2D eigenvalue weighted by atomic mass is 9.99. The van der Waals surface area contributed by atoms with E-state index < -0.39 is 9.84 Å². The summed E-state index contributed by atoms with van der Waals surface area (Å²) in [7, 11) is -0.219. The van der Waals surface area contributed by atoms with Gasteiger partial charge in [0.1, 0.15) is 5.75 Å². The van der Waals surface area contributed by atoms with Crippen LogP contribution in [-0.4, -0.2) is 36.1 Å². The van der Waals surface area contributed by atoms with Crippen LogP contribution in [0.2, 0.25) is 0 Å². The van der Waals surface area contributed by atoms with Crippen LogP contribution >= 0.6 is 0 Å². The lowest BCUT2D eigenvalue weighted by Gasteiger charge is -2.15. The molecule has 4 aromatic rings. The molecule has 0 saturated heterocycles. The molecule has 0 fully saturated rings. The molecule has 0 saturated carbocycles. The van der Waals surface area contributed by atoms with Crippen LogP contribution < -0.4 is 10.3 Å². The molecule has 0 aliphatic carbocycles. The largest absolute Gasteiger partial charge is 0.496 e. The molecule has 29 heavy (non-hydrogen) atoms. The Morgan fingerprint density at radius 1 is 1.03 bits per heavy atom. The number of aryl methyl sites for hydroxylation is 1. The van der Waals surface area contributed by atoms with Crippen molar-refractivity contribution in [2.24, 2.45) is 7.05 Å². The minimum absolute atomic E-state index is 0.144. The van der Waals surface area contributed by atoms with E-state index in [1.807, 2.05) is 24.4 Å². The Kier molecular flexibility index (Phi) is 4.50. The molecule has 0 aliphatic rings. The summed E-state index contributed by atoms with van der Waals surface area (Å²) in [6.45, 7) is 0. The normalized spacial score (nSPS) is 11.7. The number of nitrogens with zero attached hydrogens (tertiary/aromatic N) is 3. The summed E-state index contributed by atoms with van der Waals surface area (Å²) in [5.41, 5.74) is 1.93. The van der Waals surface area contributed by atoms with Crippen molar-refractivity contribution in [3.63, 3.8) is 0 Å². The minimum Gasteiger partial charge on any atom is -0.496 e. The lowest BCUT2D eigenvalue weighted by Crippen LogP contribution is -2.17. The number of hydrogen-bond acceptors (Lipinski definition) is 5. The van der Waals surface area contributed by atoms with Gasteiger partial charge < -0.3 is 9.30 Å².